The van der Waals surface area contributed by atoms with Crippen LogP contribution < -0.4 is 4.90 Å². The van der Waals surface area contributed by atoms with E-state index in [1.54, 1.807) is 0 Å². The maximum absolute atomic E-state index is 11.5. The highest BCUT2D eigenvalue weighted by molar-refractivity contribution is 6.24. The SMILES string of the molecule is O=[N+]([O-])c1ccc(N2CCN(CCON=C3c4ccccc4-c4ccccc43)CC2)c([N+](=O)[O-])c1. The molecule has 0 radical (unpaired) electrons. The number of rotatable bonds is 7. The molecule has 35 heavy (non-hydrogen) atoms. The lowest BCUT2D eigenvalue weighted by Gasteiger charge is -2.35. The molecule has 10 nitrogen and oxygen atoms in total. The molecule has 1 fully saturated rings. The fraction of sp³-hybridized carbons (Fsp3) is 0.240. The van der Waals surface area contributed by atoms with E-state index in [-0.39, 0.29) is 11.4 Å². The predicted octanol–water partition coefficient (Wildman–Crippen LogP) is 4.07. The summed E-state index contributed by atoms with van der Waals surface area (Å²) in [4.78, 5) is 31.1. The minimum Gasteiger partial charge on any atom is -0.394 e. The molecule has 10 heteroatoms. The van der Waals surface area contributed by atoms with Crippen LogP contribution in [0.25, 0.3) is 11.1 Å². The molecular weight excluding hydrogens is 450 g/mol. The van der Waals surface area contributed by atoms with Crippen molar-refractivity contribution in [2.45, 2.75) is 0 Å². The summed E-state index contributed by atoms with van der Waals surface area (Å²) in [7, 11) is 0. The first-order chi connectivity index (χ1) is 17.0. The molecule has 0 unspecified atom stereocenters. The minimum absolute atomic E-state index is 0.246. The van der Waals surface area contributed by atoms with Crippen molar-refractivity contribution in [3.8, 4) is 11.1 Å². The van der Waals surface area contributed by atoms with Crippen molar-refractivity contribution < 1.29 is 14.7 Å². The molecule has 0 aromatic heterocycles. The largest absolute Gasteiger partial charge is 0.394 e. The van der Waals surface area contributed by atoms with E-state index in [2.05, 4.69) is 22.2 Å². The molecule has 0 bridgehead atoms. The van der Waals surface area contributed by atoms with Crippen molar-refractivity contribution in [3.63, 3.8) is 0 Å². The zero-order chi connectivity index (χ0) is 24.4. The molecule has 1 aliphatic heterocycles. The minimum atomic E-state index is -0.624. The van der Waals surface area contributed by atoms with Gasteiger partial charge in [-0.1, -0.05) is 53.7 Å². The van der Waals surface area contributed by atoms with E-state index in [0.717, 1.165) is 34.0 Å². The highest BCUT2D eigenvalue weighted by Gasteiger charge is 2.27. The fourth-order valence-corrected chi connectivity index (χ4v) is 4.62. The number of nitro benzene ring substituents is 2. The van der Waals surface area contributed by atoms with Crippen molar-refractivity contribution in [3.05, 3.63) is 98.1 Å². The van der Waals surface area contributed by atoms with Gasteiger partial charge in [-0.15, -0.1) is 0 Å². The van der Waals surface area contributed by atoms with Gasteiger partial charge in [0, 0.05) is 49.9 Å². The second kappa shape index (κ2) is 9.51. The van der Waals surface area contributed by atoms with Gasteiger partial charge in [-0.05, 0) is 17.2 Å². The third-order valence-electron chi connectivity index (χ3n) is 6.39. The number of piperazine rings is 1. The number of anilines is 1. The maximum atomic E-state index is 11.5. The molecule has 0 spiro atoms. The van der Waals surface area contributed by atoms with Gasteiger partial charge in [-0.3, -0.25) is 25.1 Å². The lowest BCUT2D eigenvalue weighted by Crippen LogP contribution is -2.47. The summed E-state index contributed by atoms with van der Waals surface area (Å²) in [6, 6.07) is 20.1. The maximum Gasteiger partial charge on any atom is 0.299 e. The zero-order valence-corrected chi connectivity index (χ0v) is 18.9. The smallest absolute Gasteiger partial charge is 0.299 e. The van der Waals surface area contributed by atoms with Crippen LogP contribution in [0, 0.1) is 20.2 Å². The van der Waals surface area contributed by atoms with Gasteiger partial charge in [0.25, 0.3) is 11.4 Å². The number of fused-ring (bicyclic) bond motifs is 3. The van der Waals surface area contributed by atoms with Gasteiger partial charge in [0.2, 0.25) is 0 Å². The second-order valence-electron chi connectivity index (χ2n) is 8.38. The molecule has 0 amide bonds. The third-order valence-corrected chi connectivity index (χ3v) is 6.39. The van der Waals surface area contributed by atoms with Crippen LogP contribution in [0.4, 0.5) is 17.1 Å². The molecule has 2 aliphatic rings. The van der Waals surface area contributed by atoms with Crippen LogP contribution in [0.2, 0.25) is 0 Å². The van der Waals surface area contributed by atoms with E-state index < -0.39 is 9.85 Å². The Labute approximate surface area is 201 Å². The quantitative estimate of drug-likeness (QED) is 0.226. The lowest BCUT2D eigenvalue weighted by atomic mass is 10.1. The normalized spacial score (nSPS) is 14.9. The summed E-state index contributed by atoms with van der Waals surface area (Å²) >= 11 is 0. The van der Waals surface area contributed by atoms with Gasteiger partial charge in [0.15, 0.2) is 0 Å². The van der Waals surface area contributed by atoms with Crippen LogP contribution in [0.1, 0.15) is 11.1 Å². The van der Waals surface area contributed by atoms with Gasteiger partial charge >= 0.3 is 0 Å². The number of oxime groups is 1. The molecule has 0 saturated carbocycles. The van der Waals surface area contributed by atoms with Crippen molar-refractivity contribution in [1.29, 1.82) is 0 Å². The molecule has 0 N–H and O–H groups in total. The van der Waals surface area contributed by atoms with Gasteiger partial charge in [0.05, 0.1) is 15.9 Å². The molecule has 0 atom stereocenters. The highest BCUT2D eigenvalue weighted by Crippen LogP contribution is 2.36. The lowest BCUT2D eigenvalue weighted by molar-refractivity contribution is -0.393. The third kappa shape index (κ3) is 4.43. The molecule has 3 aromatic carbocycles. The van der Waals surface area contributed by atoms with Crippen LogP contribution in [0.3, 0.4) is 0 Å². The number of benzene rings is 3. The number of non-ortho nitro benzene ring substituents is 1. The molecule has 1 saturated heterocycles. The summed E-state index contributed by atoms with van der Waals surface area (Å²) in [6.45, 7) is 3.64. The highest BCUT2D eigenvalue weighted by atomic mass is 16.6. The van der Waals surface area contributed by atoms with Crippen LogP contribution in [0.15, 0.2) is 71.9 Å². The summed E-state index contributed by atoms with van der Waals surface area (Å²) in [5.41, 5.74) is 5.14. The van der Waals surface area contributed by atoms with E-state index >= 15 is 0 Å². The van der Waals surface area contributed by atoms with Crippen molar-refractivity contribution in [2.75, 3.05) is 44.2 Å². The van der Waals surface area contributed by atoms with Crippen molar-refractivity contribution in [2.24, 2.45) is 5.16 Å². The molecule has 5 rings (SSSR count). The first-order valence-corrected chi connectivity index (χ1v) is 11.3. The van der Waals surface area contributed by atoms with E-state index in [1.165, 1.54) is 12.1 Å². The van der Waals surface area contributed by atoms with Crippen LogP contribution in [-0.2, 0) is 4.84 Å². The Morgan fingerprint density at radius 2 is 1.40 bits per heavy atom. The average molecular weight is 473 g/mol. The fourth-order valence-electron chi connectivity index (χ4n) is 4.62. The average Bonchev–Trinajstić information content (AvgIpc) is 3.20. The summed E-state index contributed by atoms with van der Waals surface area (Å²) in [5.74, 6) is 0. The molecule has 1 aliphatic carbocycles. The van der Waals surface area contributed by atoms with Crippen LogP contribution >= 0.6 is 0 Å². The Morgan fingerprint density at radius 1 is 0.800 bits per heavy atom. The monoisotopic (exact) mass is 473 g/mol. The first kappa shape index (κ1) is 22.5. The van der Waals surface area contributed by atoms with Gasteiger partial charge in [-0.2, -0.15) is 0 Å². The van der Waals surface area contributed by atoms with E-state index in [4.69, 9.17) is 4.84 Å². The van der Waals surface area contributed by atoms with Gasteiger partial charge in [0.1, 0.15) is 18.0 Å². The number of hydrogen-bond acceptors (Lipinski definition) is 8. The Balaban J connectivity index is 1.18. The number of nitrogens with zero attached hydrogens (tertiary/aromatic N) is 5. The zero-order valence-electron chi connectivity index (χ0n) is 18.9. The summed E-state index contributed by atoms with van der Waals surface area (Å²) in [6.07, 6.45) is 0. The Bertz CT molecular complexity index is 1270. The summed E-state index contributed by atoms with van der Waals surface area (Å²) in [5, 5.41) is 26.9. The summed E-state index contributed by atoms with van der Waals surface area (Å²) < 4.78 is 0. The van der Waals surface area contributed by atoms with E-state index in [1.807, 2.05) is 41.3 Å². The van der Waals surface area contributed by atoms with Crippen molar-refractivity contribution >= 4 is 22.8 Å². The first-order valence-electron chi connectivity index (χ1n) is 11.3. The van der Waals surface area contributed by atoms with E-state index in [0.29, 0.717) is 45.0 Å². The Hall–Kier alpha value is -4.31. The molecule has 178 valence electrons. The Morgan fingerprint density at radius 3 is 1.97 bits per heavy atom. The van der Waals surface area contributed by atoms with Gasteiger partial charge < -0.3 is 9.74 Å². The predicted molar refractivity (Wildman–Crippen MR) is 132 cm³/mol. The molecule has 3 aromatic rings. The topological polar surface area (TPSA) is 114 Å². The van der Waals surface area contributed by atoms with Crippen molar-refractivity contribution in [1.82, 2.24) is 4.90 Å². The number of hydrogen-bond donors (Lipinski definition) is 0. The standard InChI is InChI=1S/C25H23N5O5/c31-29(32)18-9-10-23(24(17-18)30(33)34)28-13-11-27(12-14-28)15-16-35-26-25-21-7-3-1-5-19(21)20-6-2-4-8-22(20)25/h1-10,17H,11-16H2. The molecule has 1 heterocycles. The van der Waals surface area contributed by atoms with Crippen LogP contribution in [0.5, 0.6) is 0 Å². The van der Waals surface area contributed by atoms with E-state index in [9.17, 15) is 20.2 Å². The Kier molecular flexibility index (Phi) is 6.11. The second-order valence-corrected chi connectivity index (χ2v) is 8.38. The van der Waals surface area contributed by atoms with Gasteiger partial charge in [-0.25, -0.2) is 0 Å². The number of nitro groups is 2. The molecular formula is C25H23N5O5. The van der Waals surface area contributed by atoms with Crippen LogP contribution in [-0.4, -0.2) is 59.8 Å².